The molecule has 1 aromatic rings. The largest absolute Gasteiger partial charge is 0.379 e. The average Bonchev–Trinajstić information content (AvgIpc) is 2.43. The minimum absolute atomic E-state index is 0.146. The van der Waals surface area contributed by atoms with Crippen LogP contribution in [0.1, 0.15) is 32.4 Å². The molecule has 0 radical (unpaired) electrons. The average molecular weight is 265 g/mol. The lowest BCUT2D eigenvalue weighted by molar-refractivity contribution is -0.0305. The summed E-state index contributed by atoms with van der Waals surface area (Å²) >= 11 is 0. The molecule has 1 N–H and O–H groups in total. The summed E-state index contributed by atoms with van der Waals surface area (Å²) in [6.07, 6.45) is 0.146. The maximum absolute atomic E-state index is 6.03. The van der Waals surface area contributed by atoms with Gasteiger partial charge >= 0.3 is 0 Å². The van der Waals surface area contributed by atoms with Crippen LogP contribution in [0.3, 0.4) is 0 Å². The van der Waals surface area contributed by atoms with Gasteiger partial charge in [0.1, 0.15) is 0 Å². The van der Waals surface area contributed by atoms with Gasteiger partial charge in [-0.2, -0.15) is 0 Å². The van der Waals surface area contributed by atoms with E-state index in [1.54, 1.807) is 0 Å². The molecule has 108 valence electrons. The second-order valence-electron chi connectivity index (χ2n) is 4.95. The van der Waals surface area contributed by atoms with Crippen molar-refractivity contribution in [3.8, 4) is 0 Å². The summed E-state index contributed by atoms with van der Waals surface area (Å²) in [6.45, 7) is 8.42. The third-order valence-corrected chi connectivity index (χ3v) is 3.20. The van der Waals surface area contributed by atoms with E-state index < -0.39 is 0 Å². The van der Waals surface area contributed by atoms with E-state index in [0.29, 0.717) is 19.1 Å². The third-order valence-electron chi connectivity index (χ3n) is 3.20. The fraction of sp³-hybridized carbons (Fsp3) is 0.625. The molecule has 3 nitrogen and oxygen atoms in total. The van der Waals surface area contributed by atoms with E-state index in [0.717, 1.165) is 6.61 Å². The van der Waals surface area contributed by atoms with Gasteiger partial charge in [-0.25, -0.2) is 0 Å². The summed E-state index contributed by atoms with van der Waals surface area (Å²) in [4.78, 5) is 0. The van der Waals surface area contributed by atoms with Crippen molar-refractivity contribution in [1.29, 1.82) is 0 Å². The zero-order chi connectivity index (χ0) is 14.1. The van der Waals surface area contributed by atoms with Crippen molar-refractivity contribution < 1.29 is 9.47 Å². The topological polar surface area (TPSA) is 30.5 Å². The molecule has 3 heteroatoms. The molecule has 0 aliphatic carbocycles. The molecule has 0 aliphatic heterocycles. The number of benzene rings is 1. The Kier molecular flexibility index (Phi) is 7.72. The lowest BCUT2D eigenvalue weighted by Crippen LogP contribution is -2.36. The van der Waals surface area contributed by atoms with Crippen molar-refractivity contribution in [3.63, 3.8) is 0 Å². The summed E-state index contributed by atoms with van der Waals surface area (Å²) < 4.78 is 11.4. The summed E-state index contributed by atoms with van der Waals surface area (Å²) in [6, 6.07) is 10.7. The predicted molar refractivity (Wildman–Crippen MR) is 79.3 cm³/mol. The van der Waals surface area contributed by atoms with Crippen molar-refractivity contribution in [2.24, 2.45) is 5.92 Å². The number of likely N-dealkylation sites (N-methyl/N-ethyl adjacent to an activating group) is 1. The minimum Gasteiger partial charge on any atom is -0.379 e. The van der Waals surface area contributed by atoms with Crippen LogP contribution in [0, 0.1) is 5.92 Å². The second kappa shape index (κ2) is 9.08. The molecule has 0 fully saturated rings. The van der Waals surface area contributed by atoms with Crippen LogP contribution >= 0.6 is 0 Å². The monoisotopic (exact) mass is 265 g/mol. The molecule has 0 heterocycles. The Bertz CT molecular complexity index is 327. The number of hydrogen-bond acceptors (Lipinski definition) is 3. The standard InChI is InChI=1S/C16H27NO2/c1-5-18-11-12-19-16(13(2)3)15(17-4)14-9-7-6-8-10-14/h6-10,13,15-17H,5,11-12H2,1-4H3. The molecule has 0 aromatic heterocycles. The summed E-state index contributed by atoms with van der Waals surface area (Å²) in [7, 11) is 1.99. The van der Waals surface area contributed by atoms with Crippen molar-refractivity contribution in [3.05, 3.63) is 35.9 Å². The minimum atomic E-state index is 0.146. The van der Waals surface area contributed by atoms with Crippen LogP contribution in [0.15, 0.2) is 30.3 Å². The van der Waals surface area contributed by atoms with Crippen LogP contribution in [-0.4, -0.2) is 33.0 Å². The molecule has 0 spiro atoms. The SMILES string of the molecule is CCOCCOC(C(C)C)C(NC)c1ccccc1. The lowest BCUT2D eigenvalue weighted by Gasteiger charge is -2.30. The quantitative estimate of drug-likeness (QED) is 0.696. The fourth-order valence-electron chi connectivity index (χ4n) is 2.24. The van der Waals surface area contributed by atoms with Crippen molar-refractivity contribution in [2.45, 2.75) is 32.9 Å². The van der Waals surface area contributed by atoms with Gasteiger partial charge < -0.3 is 14.8 Å². The molecule has 0 bridgehead atoms. The van der Waals surface area contributed by atoms with Crippen LogP contribution in [0.2, 0.25) is 0 Å². The van der Waals surface area contributed by atoms with E-state index in [-0.39, 0.29) is 12.1 Å². The first kappa shape index (κ1) is 16.2. The van der Waals surface area contributed by atoms with Gasteiger partial charge in [-0.3, -0.25) is 0 Å². The Labute approximate surface area is 117 Å². The van der Waals surface area contributed by atoms with Crippen molar-refractivity contribution in [1.82, 2.24) is 5.32 Å². The fourth-order valence-corrected chi connectivity index (χ4v) is 2.24. The Morgan fingerprint density at radius 2 is 1.79 bits per heavy atom. The Balaban J connectivity index is 2.67. The first-order valence-corrected chi connectivity index (χ1v) is 7.12. The summed E-state index contributed by atoms with van der Waals surface area (Å²) in [5.41, 5.74) is 1.26. The smallest absolute Gasteiger partial charge is 0.0793 e. The van der Waals surface area contributed by atoms with Crippen LogP contribution in [0.25, 0.3) is 0 Å². The molecule has 2 atom stereocenters. The van der Waals surface area contributed by atoms with Gasteiger partial charge in [0, 0.05) is 6.61 Å². The zero-order valence-electron chi connectivity index (χ0n) is 12.6. The Morgan fingerprint density at radius 1 is 1.11 bits per heavy atom. The van der Waals surface area contributed by atoms with Crippen molar-refractivity contribution in [2.75, 3.05) is 26.9 Å². The van der Waals surface area contributed by atoms with Gasteiger partial charge in [0.15, 0.2) is 0 Å². The van der Waals surface area contributed by atoms with Gasteiger partial charge in [-0.05, 0) is 25.5 Å². The molecule has 1 aromatic carbocycles. The van der Waals surface area contributed by atoms with Crippen LogP contribution < -0.4 is 5.32 Å². The van der Waals surface area contributed by atoms with Gasteiger partial charge in [-0.1, -0.05) is 44.2 Å². The molecule has 0 amide bonds. The van der Waals surface area contributed by atoms with E-state index in [4.69, 9.17) is 9.47 Å². The number of rotatable bonds is 9. The highest BCUT2D eigenvalue weighted by Crippen LogP contribution is 2.24. The highest BCUT2D eigenvalue weighted by atomic mass is 16.5. The third kappa shape index (κ3) is 5.31. The second-order valence-corrected chi connectivity index (χ2v) is 4.95. The summed E-state index contributed by atoms with van der Waals surface area (Å²) in [5.74, 6) is 0.444. The number of ether oxygens (including phenoxy) is 2. The van der Waals surface area contributed by atoms with Crippen LogP contribution in [0.4, 0.5) is 0 Å². The van der Waals surface area contributed by atoms with Gasteiger partial charge in [0.25, 0.3) is 0 Å². The van der Waals surface area contributed by atoms with Gasteiger partial charge in [-0.15, -0.1) is 0 Å². The molecule has 0 saturated heterocycles. The van der Waals surface area contributed by atoms with E-state index >= 15 is 0 Å². The zero-order valence-corrected chi connectivity index (χ0v) is 12.6. The molecule has 1 rings (SSSR count). The molecule has 0 aliphatic rings. The number of hydrogen-bond donors (Lipinski definition) is 1. The van der Waals surface area contributed by atoms with Gasteiger partial charge in [0.05, 0.1) is 25.4 Å². The van der Waals surface area contributed by atoms with E-state index in [1.165, 1.54) is 5.56 Å². The maximum atomic E-state index is 6.03. The van der Waals surface area contributed by atoms with E-state index in [2.05, 4.69) is 43.4 Å². The Hall–Kier alpha value is -0.900. The van der Waals surface area contributed by atoms with E-state index in [9.17, 15) is 0 Å². The lowest BCUT2D eigenvalue weighted by atomic mass is 9.93. The molecule has 0 saturated carbocycles. The molecular formula is C16H27NO2. The molecular weight excluding hydrogens is 238 g/mol. The molecule has 2 unspecified atom stereocenters. The molecule has 19 heavy (non-hydrogen) atoms. The maximum Gasteiger partial charge on any atom is 0.0793 e. The normalized spacial score (nSPS) is 14.6. The number of nitrogens with one attached hydrogen (secondary N) is 1. The predicted octanol–water partition coefficient (Wildman–Crippen LogP) is 3.02. The highest BCUT2D eigenvalue weighted by molar-refractivity contribution is 5.20. The van der Waals surface area contributed by atoms with Crippen molar-refractivity contribution >= 4 is 0 Å². The van der Waals surface area contributed by atoms with E-state index in [1.807, 2.05) is 20.0 Å². The summed E-state index contributed by atoms with van der Waals surface area (Å²) in [5, 5.41) is 3.37. The van der Waals surface area contributed by atoms with Crippen LogP contribution in [-0.2, 0) is 9.47 Å². The highest BCUT2D eigenvalue weighted by Gasteiger charge is 2.25. The Morgan fingerprint density at radius 3 is 2.32 bits per heavy atom. The van der Waals surface area contributed by atoms with Gasteiger partial charge in [0.2, 0.25) is 0 Å². The van der Waals surface area contributed by atoms with Crippen LogP contribution in [0.5, 0.6) is 0 Å². The first-order valence-electron chi connectivity index (χ1n) is 7.12. The first-order chi connectivity index (χ1) is 9.20.